The third-order valence-corrected chi connectivity index (χ3v) is 11.7. The third kappa shape index (κ3) is 13.5. The van der Waals surface area contributed by atoms with Crippen molar-refractivity contribution in [3.05, 3.63) is 125 Å². The Morgan fingerprint density at radius 3 is 2.60 bits per heavy atom. The van der Waals surface area contributed by atoms with E-state index in [2.05, 4.69) is 62.7 Å². The lowest BCUT2D eigenvalue weighted by atomic mass is 10.0. The lowest BCUT2D eigenvalue weighted by Gasteiger charge is -2.23. The van der Waals surface area contributed by atoms with Crippen LogP contribution in [-0.4, -0.2) is 77.1 Å². The Morgan fingerprint density at radius 2 is 1.78 bits per heavy atom. The van der Waals surface area contributed by atoms with Crippen molar-refractivity contribution in [2.45, 2.75) is 103 Å². The van der Waals surface area contributed by atoms with E-state index in [1.165, 1.54) is 6.33 Å². The monoisotopic (exact) mass is 910 g/mol. The van der Waals surface area contributed by atoms with Gasteiger partial charge in [-0.05, 0) is 92.6 Å². The molecule has 2 atom stereocenters. The van der Waals surface area contributed by atoms with Crippen LogP contribution in [0.4, 0.5) is 11.4 Å². The molecule has 6 aromatic rings. The summed E-state index contributed by atoms with van der Waals surface area (Å²) in [5, 5.41) is 26.8. The molecule has 7 rings (SSSR count). The number of aldehydes is 1. The van der Waals surface area contributed by atoms with Crippen molar-refractivity contribution in [2.75, 3.05) is 17.2 Å². The molecule has 1 aliphatic heterocycles. The van der Waals surface area contributed by atoms with E-state index in [9.17, 15) is 24.0 Å². The predicted molar refractivity (Wildman–Crippen MR) is 252 cm³/mol. The normalized spacial score (nSPS) is 14.0. The smallest absolute Gasteiger partial charge is 0.251 e. The number of aromatic nitrogens is 7. The Balaban J connectivity index is 0.738. The van der Waals surface area contributed by atoms with Crippen LogP contribution < -0.4 is 31.3 Å². The Labute approximate surface area is 389 Å². The minimum atomic E-state index is -0.552. The van der Waals surface area contributed by atoms with Gasteiger partial charge in [0.15, 0.2) is 11.6 Å². The summed E-state index contributed by atoms with van der Waals surface area (Å²) in [5.41, 5.74) is 5.60. The van der Waals surface area contributed by atoms with Crippen LogP contribution in [0, 0.1) is 0 Å². The highest BCUT2D eigenvalue weighted by Gasteiger charge is 2.26. The van der Waals surface area contributed by atoms with E-state index in [1.807, 2.05) is 61.0 Å². The Kier molecular flexibility index (Phi) is 16.8. The standard InChI is InChI=1S/C49H58N12O6/c1-33(54-48(65)35-13-8-15-37(26-35)51-29-44-57-58-47(60(44)2)42-22-23-50-32-53-42)34-12-9-17-39(27-34)67-25-7-5-3-4-6-24-61-30-38(59-61)16-11-19-45(63)55-41-18-10-14-36(31-62)40(41)28-52-43-20-21-46(64)56-49(43)66/h8-10,12-15,17-18,22-23,26-27,30-33,43,51-52,59H,3-7,11,16,19-21,24-25,28-29H2,1-2H3,(H,54,65)(H,55,63)(H,56,64,66)/t33-,43?/m1/s1. The number of carbonyl (C=O) groups is 5. The summed E-state index contributed by atoms with van der Waals surface area (Å²) in [6.45, 7) is 4.09. The van der Waals surface area contributed by atoms with Crippen LogP contribution in [0.1, 0.15) is 114 Å². The van der Waals surface area contributed by atoms with Crippen molar-refractivity contribution in [1.82, 2.24) is 50.5 Å². The van der Waals surface area contributed by atoms with Gasteiger partial charge < -0.3 is 35.7 Å². The van der Waals surface area contributed by atoms with Gasteiger partial charge in [0.05, 0.1) is 25.2 Å². The van der Waals surface area contributed by atoms with Crippen LogP contribution in [-0.2, 0) is 47.5 Å². The van der Waals surface area contributed by atoms with Gasteiger partial charge in [-0.3, -0.25) is 34.0 Å². The van der Waals surface area contributed by atoms with Crippen LogP contribution in [0.2, 0.25) is 0 Å². The lowest BCUT2D eigenvalue weighted by Crippen LogP contribution is -2.50. The maximum Gasteiger partial charge on any atom is 0.251 e. The first kappa shape index (κ1) is 47.5. The molecule has 350 valence electrons. The fraction of sp³-hybridized carbons (Fsp3) is 0.367. The topological polar surface area (TPSA) is 232 Å². The molecule has 0 aliphatic carbocycles. The number of aromatic amines is 1. The van der Waals surface area contributed by atoms with Gasteiger partial charge in [0.2, 0.25) is 17.7 Å². The molecule has 1 fully saturated rings. The molecular formula is C49H58N12O6. The summed E-state index contributed by atoms with van der Waals surface area (Å²) in [5.74, 6) is 1.12. The van der Waals surface area contributed by atoms with Crippen LogP contribution in [0.5, 0.6) is 5.75 Å². The number of ether oxygens (including phenoxy) is 1. The first-order valence-electron chi connectivity index (χ1n) is 22.8. The third-order valence-electron chi connectivity index (χ3n) is 11.7. The molecule has 1 saturated heterocycles. The number of nitrogens with one attached hydrogen (secondary N) is 6. The van der Waals surface area contributed by atoms with Crippen LogP contribution >= 0.6 is 0 Å². The van der Waals surface area contributed by atoms with Gasteiger partial charge in [0, 0.05) is 73.6 Å². The van der Waals surface area contributed by atoms with E-state index < -0.39 is 11.9 Å². The summed E-state index contributed by atoms with van der Waals surface area (Å²) in [4.78, 5) is 69.8. The number of H-pyrrole nitrogens is 1. The fourth-order valence-electron chi connectivity index (χ4n) is 7.86. The first-order chi connectivity index (χ1) is 32.6. The number of anilines is 2. The van der Waals surface area contributed by atoms with Crippen LogP contribution in [0.3, 0.4) is 0 Å². The molecule has 0 radical (unpaired) electrons. The molecule has 4 heterocycles. The Bertz CT molecular complexity index is 2610. The largest absolute Gasteiger partial charge is 0.494 e. The van der Waals surface area contributed by atoms with Crippen LogP contribution in [0.25, 0.3) is 11.5 Å². The number of hydrogen-bond acceptors (Lipinski definition) is 12. The molecule has 3 aromatic heterocycles. The first-order valence-corrected chi connectivity index (χ1v) is 22.8. The zero-order valence-electron chi connectivity index (χ0n) is 37.9. The summed E-state index contributed by atoms with van der Waals surface area (Å²) in [7, 11) is 1.88. The molecule has 4 amide bonds. The second-order valence-electron chi connectivity index (χ2n) is 16.6. The molecule has 6 N–H and O–H groups in total. The Hall–Kier alpha value is -7.47. The van der Waals surface area contributed by atoms with Crippen LogP contribution in [0.15, 0.2) is 91.5 Å². The molecule has 18 heteroatoms. The van der Waals surface area contributed by atoms with Gasteiger partial charge >= 0.3 is 0 Å². The number of amides is 4. The van der Waals surface area contributed by atoms with Gasteiger partial charge in [-0.2, -0.15) is 0 Å². The number of imide groups is 1. The second-order valence-corrected chi connectivity index (χ2v) is 16.6. The maximum atomic E-state index is 13.3. The molecule has 0 bridgehead atoms. The summed E-state index contributed by atoms with van der Waals surface area (Å²) in [6, 6.07) is 21.3. The lowest BCUT2D eigenvalue weighted by molar-refractivity contribution is -0.134. The van der Waals surface area contributed by atoms with E-state index in [0.717, 1.165) is 79.9 Å². The molecule has 0 spiro atoms. The molecule has 1 aliphatic rings. The number of nitrogens with zero attached hydrogens (tertiary/aromatic N) is 6. The average molecular weight is 911 g/mol. The summed E-state index contributed by atoms with van der Waals surface area (Å²) < 4.78 is 10.0. The van der Waals surface area contributed by atoms with Crippen molar-refractivity contribution in [1.29, 1.82) is 0 Å². The van der Waals surface area contributed by atoms with Crippen molar-refractivity contribution in [3.8, 4) is 17.3 Å². The predicted octanol–water partition coefficient (Wildman–Crippen LogP) is 6.20. The zero-order chi connectivity index (χ0) is 47.0. The van der Waals surface area contributed by atoms with Crippen molar-refractivity contribution in [2.24, 2.45) is 7.05 Å². The van der Waals surface area contributed by atoms with E-state index in [1.54, 1.807) is 36.5 Å². The molecule has 3 aromatic carbocycles. The van der Waals surface area contributed by atoms with Gasteiger partial charge in [-0.15, -0.1) is 10.2 Å². The van der Waals surface area contributed by atoms with Gasteiger partial charge in [-0.25, -0.2) is 9.97 Å². The number of rotatable bonds is 25. The maximum absolute atomic E-state index is 13.3. The molecular weight excluding hydrogens is 853 g/mol. The number of carbonyl (C=O) groups excluding carboxylic acids is 5. The minimum absolute atomic E-state index is 0.156. The molecule has 1 unspecified atom stereocenters. The Morgan fingerprint density at radius 1 is 0.955 bits per heavy atom. The van der Waals surface area contributed by atoms with Gasteiger partial charge in [0.1, 0.15) is 24.1 Å². The van der Waals surface area contributed by atoms with Gasteiger partial charge in [-0.1, -0.05) is 49.6 Å². The minimum Gasteiger partial charge on any atom is -0.494 e. The quantitative estimate of drug-likeness (QED) is 0.0214. The van der Waals surface area contributed by atoms with E-state index in [-0.39, 0.29) is 36.7 Å². The summed E-state index contributed by atoms with van der Waals surface area (Å²) in [6.07, 6.45) is 13.6. The number of benzene rings is 3. The van der Waals surface area contributed by atoms with E-state index >= 15 is 0 Å². The zero-order valence-corrected chi connectivity index (χ0v) is 37.9. The summed E-state index contributed by atoms with van der Waals surface area (Å²) >= 11 is 0. The van der Waals surface area contributed by atoms with E-state index in [4.69, 9.17) is 4.74 Å². The second kappa shape index (κ2) is 23.6. The van der Waals surface area contributed by atoms with Crippen molar-refractivity contribution >= 4 is 41.3 Å². The number of unbranched alkanes of at least 4 members (excludes halogenated alkanes) is 4. The van der Waals surface area contributed by atoms with Crippen molar-refractivity contribution in [3.63, 3.8) is 0 Å². The molecule has 0 saturated carbocycles. The number of hydrogen-bond donors (Lipinski definition) is 6. The average Bonchev–Trinajstić information content (AvgIpc) is 3.70. The SMILES string of the molecule is C[C@@H](NC(=O)c1cccc(NCc2nnc(-c3ccncn3)n2C)c1)c1cccc(OCCCCCCCn2cc(CCCC(=O)Nc3cccc(C=O)c3CNC3CCC(=O)NC3=O)[nH]2)c1. The molecule has 67 heavy (non-hydrogen) atoms. The number of aryl methyl sites for hydroxylation is 2. The highest BCUT2D eigenvalue weighted by molar-refractivity contribution is 6.00. The highest BCUT2D eigenvalue weighted by atomic mass is 16.5. The van der Waals surface area contributed by atoms with Crippen molar-refractivity contribution < 1.29 is 28.7 Å². The number of piperidine rings is 1. The van der Waals surface area contributed by atoms with Gasteiger partial charge in [0.25, 0.3) is 5.91 Å². The fourth-order valence-corrected chi connectivity index (χ4v) is 7.86. The molecule has 18 nitrogen and oxygen atoms in total. The highest BCUT2D eigenvalue weighted by Crippen LogP contribution is 2.23. The van der Waals surface area contributed by atoms with E-state index in [0.29, 0.717) is 66.3 Å².